The number of aromatic amines is 1. The van der Waals surface area contributed by atoms with Crippen LogP contribution in [0, 0.1) is 0 Å². The minimum Gasteiger partial charge on any atom is -0.480 e. The van der Waals surface area contributed by atoms with Crippen LogP contribution >= 0.6 is 0 Å². The fourth-order valence-corrected chi connectivity index (χ4v) is 1.87. The number of aromatic nitrogens is 2. The molecule has 7 heteroatoms. The van der Waals surface area contributed by atoms with Gasteiger partial charge in [0.15, 0.2) is 0 Å². The molecule has 1 atom stereocenters. The van der Waals surface area contributed by atoms with E-state index in [1.807, 2.05) is 6.92 Å². The molecule has 0 aliphatic carbocycles. The molecule has 7 nitrogen and oxygen atoms in total. The monoisotopic (exact) mass is 277 g/mol. The van der Waals surface area contributed by atoms with Crippen LogP contribution < -0.4 is 5.32 Å². The molecule has 1 amide bonds. The van der Waals surface area contributed by atoms with E-state index in [4.69, 9.17) is 4.42 Å². The van der Waals surface area contributed by atoms with E-state index in [0.717, 1.165) is 0 Å². The predicted octanol–water partition coefficient (Wildman–Crippen LogP) is 0.991. The Morgan fingerprint density at radius 2 is 2.35 bits per heavy atom. The van der Waals surface area contributed by atoms with Crippen molar-refractivity contribution in [1.82, 2.24) is 15.3 Å². The van der Waals surface area contributed by atoms with Crippen molar-refractivity contribution in [1.29, 1.82) is 0 Å². The highest BCUT2D eigenvalue weighted by Crippen LogP contribution is 2.11. The Morgan fingerprint density at radius 3 is 2.95 bits per heavy atom. The Kier molecular flexibility index (Phi) is 4.19. The van der Waals surface area contributed by atoms with Gasteiger partial charge in [0.2, 0.25) is 0 Å². The number of rotatable bonds is 6. The van der Waals surface area contributed by atoms with Gasteiger partial charge in [0, 0.05) is 24.7 Å². The number of aliphatic carboxylic acids is 1. The van der Waals surface area contributed by atoms with Gasteiger partial charge in [0.25, 0.3) is 5.91 Å². The first-order valence-electron chi connectivity index (χ1n) is 6.19. The molecular formula is C13H15N3O4. The maximum atomic E-state index is 12.1. The van der Waals surface area contributed by atoms with E-state index < -0.39 is 17.9 Å². The SMILES string of the molecule is CCc1occc1C(=O)N[C@@H](Cc1cnc[nH]1)C(=O)O. The molecule has 0 saturated heterocycles. The molecule has 2 rings (SSSR count). The molecule has 0 radical (unpaired) electrons. The number of carbonyl (C=O) groups excluding carboxylic acids is 1. The highest BCUT2D eigenvalue weighted by molar-refractivity contribution is 5.97. The molecule has 0 aliphatic heterocycles. The lowest BCUT2D eigenvalue weighted by Gasteiger charge is -2.13. The van der Waals surface area contributed by atoms with Crippen LogP contribution in [0.15, 0.2) is 29.3 Å². The Bertz CT molecular complexity index is 589. The van der Waals surface area contributed by atoms with E-state index in [1.54, 1.807) is 0 Å². The minimum atomic E-state index is -1.10. The van der Waals surface area contributed by atoms with Crippen LogP contribution in [0.5, 0.6) is 0 Å². The molecule has 0 fully saturated rings. The smallest absolute Gasteiger partial charge is 0.326 e. The second-order valence-electron chi connectivity index (χ2n) is 4.26. The second kappa shape index (κ2) is 6.05. The average Bonchev–Trinajstić information content (AvgIpc) is 3.08. The summed E-state index contributed by atoms with van der Waals surface area (Å²) in [5, 5.41) is 11.7. The van der Waals surface area contributed by atoms with Crippen LogP contribution in [-0.4, -0.2) is 33.0 Å². The fourth-order valence-electron chi connectivity index (χ4n) is 1.87. The van der Waals surface area contributed by atoms with Crippen LogP contribution in [0.3, 0.4) is 0 Å². The van der Waals surface area contributed by atoms with Crippen LogP contribution in [0.25, 0.3) is 0 Å². The number of H-pyrrole nitrogens is 1. The number of hydrogen-bond acceptors (Lipinski definition) is 4. The Balaban J connectivity index is 2.08. The normalized spacial score (nSPS) is 12.1. The molecular weight excluding hydrogens is 262 g/mol. The minimum absolute atomic E-state index is 0.139. The van der Waals surface area contributed by atoms with Crippen molar-refractivity contribution in [3.05, 3.63) is 41.9 Å². The average molecular weight is 277 g/mol. The van der Waals surface area contributed by atoms with Gasteiger partial charge in [0.05, 0.1) is 18.2 Å². The van der Waals surface area contributed by atoms with Gasteiger partial charge in [-0.25, -0.2) is 9.78 Å². The lowest BCUT2D eigenvalue weighted by Crippen LogP contribution is -2.42. The van der Waals surface area contributed by atoms with E-state index in [1.165, 1.54) is 24.9 Å². The summed E-state index contributed by atoms with van der Waals surface area (Å²) in [7, 11) is 0. The van der Waals surface area contributed by atoms with E-state index in [9.17, 15) is 14.7 Å². The van der Waals surface area contributed by atoms with Gasteiger partial charge < -0.3 is 19.8 Å². The second-order valence-corrected chi connectivity index (χ2v) is 4.26. The van der Waals surface area contributed by atoms with Crippen LogP contribution in [0.2, 0.25) is 0 Å². The summed E-state index contributed by atoms with van der Waals surface area (Å²) in [6.45, 7) is 1.86. The zero-order valence-electron chi connectivity index (χ0n) is 10.9. The Hall–Kier alpha value is -2.57. The third-order valence-electron chi connectivity index (χ3n) is 2.89. The molecule has 0 saturated carbocycles. The topological polar surface area (TPSA) is 108 Å². The standard InChI is InChI=1S/C13H15N3O4/c1-2-11-9(3-4-20-11)12(17)16-10(13(18)19)5-8-6-14-7-15-8/h3-4,6-7,10H,2,5H2,1H3,(H,14,15)(H,16,17)(H,18,19)/t10-/m0/s1. The number of carbonyl (C=O) groups is 2. The number of nitrogens with one attached hydrogen (secondary N) is 2. The van der Waals surface area contributed by atoms with Gasteiger partial charge in [-0.3, -0.25) is 4.79 Å². The van der Waals surface area contributed by atoms with Gasteiger partial charge in [-0.2, -0.15) is 0 Å². The number of amides is 1. The summed E-state index contributed by atoms with van der Waals surface area (Å²) in [5.41, 5.74) is 1.00. The van der Waals surface area contributed by atoms with Crippen molar-refractivity contribution in [2.24, 2.45) is 0 Å². The molecule has 0 bridgehead atoms. The number of nitrogens with zero attached hydrogens (tertiary/aromatic N) is 1. The lowest BCUT2D eigenvalue weighted by atomic mass is 10.1. The van der Waals surface area contributed by atoms with Crippen molar-refractivity contribution in [2.45, 2.75) is 25.8 Å². The first-order valence-corrected chi connectivity index (χ1v) is 6.19. The van der Waals surface area contributed by atoms with Crippen LogP contribution in [0.1, 0.15) is 28.7 Å². The van der Waals surface area contributed by atoms with E-state index >= 15 is 0 Å². The number of hydrogen-bond donors (Lipinski definition) is 3. The molecule has 20 heavy (non-hydrogen) atoms. The maximum Gasteiger partial charge on any atom is 0.326 e. The van der Waals surface area contributed by atoms with Crippen LogP contribution in [0.4, 0.5) is 0 Å². The van der Waals surface area contributed by atoms with E-state index in [2.05, 4.69) is 15.3 Å². The number of carboxylic acids is 1. The Morgan fingerprint density at radius 1 is 1.55 bits per heavy atom. The molecule has 2 heterocycles. The highest BCUT2D eigenvalue weighted by atomic mass is 16.4. The summed E-state index contributed by atoms with van der Waals surface area (Å²) in [6, 6.07) is 0.506. The fraction of sp³-hybridized carbons (Fsp3) is 0.308. The number of carboxylic acid groups (broad SMARTS) is 1. The summed E-state index contributed by atoms with van der Waals surface area (Å²) >= 11 is 0. The lowest BCUT2D eigenvalue weighted by molar-refractivity contribution is -0.139. The Labute approximate surface area is 115 Å². The molecule has 2 aromatic heterocycles. The zero-order valence-corrected chi connectivity index (χ0v) is 10.9. The largest absolute Gasteiger partial charge is 0.480 e. The first kappa shape index (κ1) is 13.9. The maximum absolute atomic E-state index is 12.1. The van der Waals surface area contributed by atoms with Gasteiger partial charge in [-0.05, 0) is 6.07 Å². The summed E-state index contributed by atoms with van der Waals surface area (Å²) < 4.78 is 5.16. The third kappa shape index (κ3) is 3.05. The van der Waals surface area contributed by atoms with E-state index in [-0.39, 0.29) is 6.42 Å². The predicted molar refractivity (Wildman–Crippen MR) is 69.3 cm³/mol. The molecule has 3 N–H and O–H groups in total. The molecule has 0 spiro atoms. The van der Waals surface area contributed by atoms with Crippen molar-refractivity contribution >= 4 is 11.9 Å². The van der Waals surface area contributed by atoms with Gasteiger partial charge in [-0.15, -0.1) is 0 Å². The van der Waals surface area contributed by atoms with Gasteiger partial charge in [-0.1, -0.05) is 6.92 Å². The molecule has 0 aromatic carbocycles. The van der Waals surface area contributed by atoms with Crippen molar-refractivity contribution in [2.75, 3.05) is 0 Å². The molecule has 0 unspecified atom stereocenters. The van der Waals surface area contributed by atoms with Crippen molar-refractivity contribution in [3.63, 3.8) is 0 Å². The van der Waals surface area contributed by atoms with Crippen molar-refractivity contribution < 1.29 is 19.1 Å². The van der Waals surface area contributed by atoms with Gasteiger partial charge >= 0.3 is 5.97 Å². The van der Waals surface area contributed by atoms with Crippen molar-refractivity contribution in [3.8, 4) is 0 Å². The van der Waals surface area contributed by atoms with E-state index in [0.29, 0.717) is 23.4 Å². The quantitative estimate of drug-likeness (QED) is 0.729. The molecule has 106 valence electrons. The molecule has 2 aromatic rings. The number of aryl methyl sites for hydroxylation is 1. The first-order chi connectivity index (χ1) is 9.61. The highest BCUT2D eigenvalue weighted by Gasteiger charge is 2.23. The summed E-state index contributed by atoms with van der Waals surface area (Å²) in [6.07, 6.45) is 5.10. The number of imidazole rings is 1. The summed E-state index contributed by atoms with van der Waals surface area (Å²) in [5.74, 6) is -1.02. The van der Waals surface area contributed by atoms with Gasteiger partial charge in [0.1, 0.15) is 11.8 Å². The summed E-state index contributed by atoms with van der Waals surface area (Å²) in [4.78, 5) is 29.9. The third-order valence-corrected chi connectivity index (χ3v) is 2.89. The number of furan rings is 1. The zero-order chi connectivity index (χ0) is 14.5. The molecule has 0 aliphatic rings. The van der Waals surface area contributed by atoms with Crippen LogP contribution in [-0.2, 0) is 17.6 Å².